The van der Waals surface area contributed by atoms with Crippen molar-refractivity contribution in [2.45, 2.75) is 46.9 Å². The van der Waals surface area contributed by atoms with Crippen molar-refractivity contribution >= 4 is 21.8 Å². The van der Waals surface area contributed by atoms with Gasteiger partial charge in [0.1, 0.15) is 5.82 Å². The predicted molar refractivity (Wildman–Crippen MR) is 178 cm³/mol. The molecule has 0 unspecified atom stereocenters. The van der Waals surface area contributed by atoms with Crippen LogP contribution in [0, 0.1) is 32.8 Å². The van der Waals surface area contributed by atoms with Crippen LogP contribution in [-0.4, -0.2) is 19.3 Å². The molecule has 0 spiro atoms. The SMILES string of the molecule is [2H]C([2H])([2H])c1ccc2c(c1)c1ccc(Oc3[c-]c(-n4nc(C)c(-c5ccccc5)c4C)ccc3)[c-]c1n2-c1cc(C(C)(C)C)ccn1.[Pt+2]. The van der Waals surface area contributed by atoms with Gasteiger partial charge in [0.2, 0.25) is 0 Å². The number of aromatic nitrogens is 4. The predicted octanol–water partition coefficient (Wildman–Crippen LogP) is 9.64. The van der Waals surface area contributed by atoms with Crippen LogP contribution in [0.1, 0.15) is 47.4 Å². The van der Waals surface area contributed by atoms with E-state index >= 15 is 0 Å². The average Bonchev–Trinajstić information content (AvgIpc) is 3.53. The van der Waals surface area contributed by atoms with Crippen molar-refractivity contribution in [3.63, 3.8) is 0 Å². The molecule has 0 radical (unpaired) electrons. The summed E-state index contributed by atoms with van der Waals surface area (Å²) in [4.78, 5) is 4.74. The Hall–Kier alpha value is -4.47. The molecule has 45 heavy (non-hydrogen) atoms. The molecule has 0 saturated heterocycles. The van der Waals surface area contributed by atoms with Crippen molar-refractivity contribution in [3.05, 3.63) is 132 Å². The van der Waals surface area contributed by atoms with E-state index in [2.05, 4.69) is 58.0 Å². The smallest absolute Gasteiger partial charge is 0.509 e. The molecule has 3 aromatic heterocycles. The van der Waals surface area contributed by atoms with E-state index in [4.69, 9.17) is 18.9 Å². The standard InChI is InChI=1S/C39H34N4O.Pt/c1-25-15-18-35-34(21-25)33-17-16-32(24-36(33)42(35)37-22-29(19-20-40-37)39(4,5)6)44-31-14-10-13-30(23-31)43-27(3)38(26(2)41-43)28-11-8-7-9-12-28;/h7-22H,1-6H3;/q-2;+2/i1D3;. The van der Waals surface area contributed by atoms with E-state index in [0.717, 1.165) is 61.4 Å². The quantitative estimate of drug-likeness (QED) is 0.164. The molecule has 0 N–H and O–H groups in total. The van der Waals surface area contributed by atoms with Gasteiger partial charge in [-0.25, -0.2) is 4.98 Å². The van der Waals surface area contributed by atoms with Crippen LogP contribution in [0.25, 0.3) is 44.4 Å². The van der Waals surface area contributed by atoms with E-state index in [0.29, 0.717) is 11.5 Å². The van der Waals surface area contributed by atoms with Crippen molar-refractivity contribution < 1.29 is 29.9 Å². The average molecular weight is 773 g/mol. The van der Waals surface area contributed by atoms with Gasteiger partial charge >= 0.3 is 21.1 Å². The van der Waals surface area contributed by atoms with Crippen molar-refractivity contribution in [3.8, 4) is 34.1 Å². The van der Waals surface area contributed by atoms with Gasteiger partial charge in [-0.1, -0.05) is 74.3 Å². The number of rotatable bonds is 5. The minimum absolute atomic E-state index is 0. The number of fused-ring (bicyclic) bond motifs is 3. The van der Waals surface area contributed by atoms with Gasteiger partial charge in [-0.05, 0) is 66.5 Å². The summed E-state index contributed by atoms with van der Waals surface area (Å²) < 4.78 is 34.3. The van der Waals surface area contributed by atoms with Crippen LogP contribution in [0.3, 0.4) is 0 Å². The Balaban J connectivity index is 0.00000401. The molecule has 4 aromatic carbocycles. The molecule has 6 heteroatoms. The fraction of sp³-hybridized carbons (Fsp3) is 0.179. The van der Waals surface area contributed by atoms with Gasteiger partial charge < -0.3 is 9.30 Å². The second-order valence-corrected chi connectivity index (χ2v) is 12.1. The fourth-order valence-corrected chi connectivity index (χ4v) is 5.87. The summed E-state index contributed by atoms with van der Waals surface area (Å²) in [6.07, 6.45) is 1.81. The summed E-state index contributed by atoms with van der Waals surface area (Å²) in [5, 5.41) is 6.50. The molecule has 0 saturated carbocycles. The maximum absolute atomic E-state index is 8.01. The maximum Gasteiger partial charge on any atom is 2.00 e. The minimum atomic E-state index is -2.23. The number of nitrogens with zero attached hydrogens (tertiary/aromatic N) is 4. The van der Waals surface area contributed by atoms with Crippen LogP contribution in [0.2, 0.25) is 0 Å². The molecular formula is C39H34N4OPt. The van der Waals surface area contributed by atoms with Crippen molar-refractivity contribution in [2.75, 3.05) is 0 Å². The van der Waals surface area contributed by atoms with Gasteiger partial charge in [-0.2, -0.15) is 17.2 Å². The van der Waals surface area contributed by atoms with Crippen LogP contribution in [0.4, 0.5) is 0 Å². The first-order valence-electron chi connectivity index (χ1n) is 16.2. The zero-order valence-electron chi connectivity index (χ0n) is 28.8. The monoisotopic (exact) mass is 772 g/mol. The Kier molecular flexibility index (Phi) is 7.05. The number of benzene rings is 4. The molecule has 3 heterocycles. The molecule has 5 nitrogen and oxygen atoms in total. The second kappa shape index (κ2) is 11.8. The van der Waals surface area contributed by atoms with Gasteiger partial charge in [0.25, 0.3) is 0 Å². The summed E-state index contributed by atoms with van der Waals surface area (Å²) in [6.45, 7) is 8.34. The van der Waals surface area contributed by atoms with Crippen molar-refractivity contribution in [1.29, 1.82) is 0 Å². The van der Waals surface area contributed by atoms with E-state index in [1.54, 1.807) is 12.1 Å². The minimum Gasteiger partial charge on any atom is -0.509 e. The summed E-state index contributed by atoms with van der Waals surface area (Å²) in [6, 6.07) is 36.0. The van der Waals surface area contributed by atoms with E-state index in [1.807, 2.05) is 83.0 Å². The molecule has 0 bridgehead atoms. The number of hydrogen-bond donors (Lipinski definition) is 0. The molecule has 0 aliphatic heterocycles. The zero-order chi connectivity index (χ0) is 33.1. The van der Waals surface area contributed by atoms with E-state index in [-0.39, 0.29) is 32.0 Å². The first-order chi connectivity index (χ1) is 22.4. The normalized spacial score (nSPS) is 12.9. The van der Waals surface area contributed by atoms with Crippen LogP contribution >= 0.6 is 0 Å². The number of aryl methyl sites for hydroxylation is 2. The number of pyridine rings is 1. The number of ether oxygens (including phenoxy) is 1. The third kappa shape index (κ3) is 5.62. The Morgan fingerprint density at radius 2 is 1.62 bits per heavy atom. The third-order valence-electron chi connectivity index (χ3n) is 8.04. The van der Waals surface area contributed by atoms with Crippen molar-refractivity contribution in [1.82, 2.24) is 19.3 Å². The molecule has 7 aromatic rings. The Morgan fingerprint density at radius 3 is 2.40 bits per heavy atom. The van der Waals surface area contributed by atoms with E-state index < -0.39 is 6.85 Å². The fourth-order valence-electron chi connectivity index (χ4n) is 5.87. The second-order valence-electron chi connectivity index (χ2n) is 12.1. The Morgan fingerprint density at radius 1 is 0.822 bits per heavy atom. The zero-order valence-corrected chi connectivity index (χ0v) is 28.0. The molecule has 7 rings (SSSR count). The van der Waals surface area contributed by atoms with E-state index in [1.165, 1.54) is 0 Å². The van der Waals surface area contributed by atoms with Gasteiger partial charge in [-0.15, -0.1) is 35.7 Å². The molecule has 0 fully saturated rings. The first kappa shape index (κ1) is 26.9. The van der Waals surface area contributed by atoms with Crippen LogP contribution in [-0.2, 0) is 26.5 Å². The van der Waals surface area contributed by atoms with Crippen LogP contribution < -0.4 is 4.74 Å². The largest absolute Gasteiger partial charge is 2.00 e. The Bertz CT molecular complexity index is 2280. The summed E-state index contributed by atoms with van der Waals surface area (Å²) >= 11 is 0. The third-order valence-corrected chi connectivity index (χ3v) is 8.04. The van der Waals surface area contributed by atoms with Gasteiger partial charge in [0, 0.05) is 38.6 Å². The molecule has 226 valence electrons. The molecule has 0 aliphatic rings. The van der Waals surface area contributed by atoms with Crippen LogP contribution in [0.5, 0.6) is 11.5 Å². The molecule has 0 aliphatic carbocycles. The van der Waals surface area contributed by atoms with E-state index in [9.17, 15) is 0 Å². The first-order valence-corrected chi connectivity index (χ1v) is 14.7. The molecular weight excluding hydrogens is 736 g/mol. The van der Waals surface area contributed by atoms with Crippen LogP contribution in [0.15, 0.2) is 97.2 Å². The van der Waals surface area contributed by atoms with Gasteiger partial charge in [-0.3, -0.25) is 4.68 Å². The Labute approximate surface area is 283 Å². The number of hydrogen-bond acceptors (Lipinski definition) is 3. The molecule has 0 atom stereocenters. The molecule has 0 amide bonds. The summed E-state index contributed by atoms with van der Waals surface area (Å²) in [7, 11) is 0. The topological polar surface area (TPSA) is 44.9 Å². The summed E-state index contributed by atoms with van der Waals surface area (Å²) in [5.41, 5.74) is 7.84. The van der Waals surface area contributed by atoms with Crippen molar-refractivity contribution in [2.24, 2.45) is 0 Å². The maximum atomic E-state index is 8.01. The summed E-state index contributed by atoms with van der Waals surface area (Å²) in [5.74, 6) is 1.74. The van der Waals surface area contributed by atoms with Gasteiger partial charge in [0.05, 0.1) is 5.69 Å². The van der Waals surface area contributed by atoms with Gasteiger partial charge in [0.15, 0.2) is 0 Å².